The minimum Gasteiger partial charge on any atom is -0.488 e. The van der Waals surface area contributed by atoms with E-state index in [0.717, 1.165) is 62.5 Å². The lowest BCUT2D eigenvalue weighted by Gasteiger charge is -2.30. The predicted octanol–water partition coefficient (Wildman–Crippen LogP) is 5.73. The Morgan fingerprint density at radius 2 is 1.84 bits per heavy atom. The molecule has 0 amide bonds. The topological polar surface area (TPSA) is 98.9 Å². The summed E-state index contributed by atoms with van der Waals surface area (Å²) < 4.78 is 60.4. The molecule has 0 spiro atoms. The molecule has 2 aliphatic heterocycles. The van der Waals surface area contributed by atoms with Crippen molar-refractivity contribution in [2.45, 2.75) is 44.8 Å². The average molecular weight is 595 g/mol. The maximum absolute atomic E-state index is 14.2. The number of benzene rings is 2. The first kappa shape index (κ1) is 28.7. The van der Waals surface area contributed by atoms with Crippen LogP contribution in [0.25, 0.3) is 17.1 Å². The van der Waals surface area contributed by atoms with E-state index in [1.54, 1.807) is 18.2 Å². The van der Waals surface area contributed by atoms with Gasteiger partial charge in [0.1, 0.15) is 17.9 Å². The van der Waals surface area contributed by atoms with Gasteiger partial charge in [0, 0.05) is 37.9 Å². The van der Waals surface area contributed by atoms with Crippen LogP contribution in [0.1, 0.15) is 45.5 Å². The van der Waals surface area contributed by atoms with E-state index in [2.05, 4.69) is 15.0 Å². The van der Waals surface area contributed by atoms with Crippen molar-refractivity contribution in [3.63, 3.8) is 0 Å². The molecule has 2 aromatic carbocycles. The van der Waals surface area contributed by atoms with Gasteiger partial charge in [0.05, 0.1) is 24.6 Å². The van der Waals surface area contributed by atoms with E-state index < -0.39 is 17.7 Å². The van der Waals surface area contributed by atoms with Gasteiger partial charge in [0.2, 0.25) is 5.88 Å². The van der Waals surface area contributed by atoms with Crippen LogP contribution in [-0.4, -0.2) is 57.1 Å². The summed E-state index contributed by atoms with van der Waals surface area (Å²) in [6, 6.07) is 14.9. The highest BCUT2D eigenvalue weighted by molar-refractivity contribution is 5.90. The van der Waals surface area contributed by atoms with Gasteiger partial charge in [0.25, 0.3) is 0 Å². The molecule has 4 aromatic rings. The van der Waals surface area contributed by atoms with Crippen LogP contribution in [0.2, 0.25) is 0 Å². The van der Waals surface area contributed by atoms with Crippen LogP contribution in [0.4, 0.5) is 13.2 Å². The van der Waals surface area contributed by atoms with Crippen LogP contribution in [0.5, 0.6) is 11.6 Å². The molecule has 0 saturated carbocycles. The lowest BCUT2D eigenvalue weighted by atomic mass is 10.0. The van der Waals surface area contributed by atoms with E-state index >= 15 is 0 Å². The van der Waals surface area contributed by atoms with Gasteiger partial charge in [-0.15, -0.1) is 0 Å². The third kappa shape index (κ3) is 5.80. The first-order valence-electron chi connectivity index (χ1n) is 13.8. The molecule has 224 valence electrons. The maximum atomic E-state index is 14.2. The van der Waals surface area contributed by atoms with Crippen molar-refractivity contribution < 1.29 is 37.3 Å². The quantitative estimate of drug-likeness (QED) is 0.276. The van der Waals surface area contributed by atoms with Crippen molar-refractivity contribution in [1.82, 2.24) is 19.7 Å². The number of methoxy groups -OCH3 is 1. The van der Waals surface area contributed by atoms with Crippen LogP contribution in [0, 0.1) is 0 Å². The Balaban J connectivity index is 1.29. The normalized spacial score (nSPS) is 15.8. The van der Waals surface area contributed by atoms with E-state index in [-0.39, 0.29) is 40.9 Å². The first-order valence-corrected chi connectivity index (χ1v) is 13.8. The maximum Gasteiger partial charge on any atom is 0.419 e. The molecule has 6 rings (SSSR count). The number of halogens is 3. The van der Waals surface area contributed by atoms with Crippen molar-refractivity contribution in [2.75, 3.05) is 20.3 Å². The van der Waals surface area contributed by atoms with Gasteiger partial charge >= 0.3 is 12.1 Å². The van der Waals surface area contributed by atoms with Gasteiger partial charge in [-0.1, -0.05) is 30.3 Å². The highest BCUT2D eigenvalue weighted by atomic mass is 19.4. The molecule has 1 saturated heterocycles. The largest absolute Gasteiger partial charge is 0.488 e. The number of carboxylic acids is 1. The summed E-state index contributed by atoms with van der Waals surface area (Å²) in [6.45, 7) is 3.08. The van der Waals surface area contributed by atoms with Gasteiger partial charge in [-0.25, -0.2) is 9.78 Å². The number of hydrogen-bond acceptors (Lipinski definition) is 7. The number of para-hydroxylation sites is 1. The molecule has 12 heteroatoms. The van der Waals surface area contributed by atoms with E-state index in [1.807, 2.05) is 18.2 Å². The van der Waals surface area contributed by atoms with Crippen LogP contribution in [-0.2, 0) is 30.6 Å². The van der Waals surface area contributed by atoms with Gasteiger partial charge < -0.3 is 19.3 Å². The second-order valence-corrected chi connectivity index (χ2v) is 10.5. The summed E-state index contributed by atoms with van der Waals surface area (Å²) in [7, 11) is 1.30. The summed E-state index contributed by atoms with van der Waals surface area (Å²) >= 11 is 0. The van der Waals surface area contributed by atoms with Gasteiger partial charge in [-0.3, -0.25) is 4.90 Å². The Hall–Kier alpha value is -4.42. The zero-order valence-electron chi connectivity index (χ0n) is 23.3. The Bertz CT molecular complexity index is 1650. The SMILES string of the molecule is COc1c(C(=O)O)cnn1-c1cccc(-c2cccc(C(F)(F)F)c2OCc2ccc3c(c2)CN(C2CCOCC2)C3)n1. The molecule has 43 heavy (non-hydrogen) atoms. The Morgan fingerprint density at radius 1 is 1.07 bits per heavy atom. The number of rotatable bonds is 8. The highest BCUT2D eigenvalue weighted by Gasteiger charge is 2.36. The summed E-state index contributed by atoms with van der Waals surface area (Å²) in [5.74, 6) is -1.49. The average Bonchev–Trinajstić information content (AvgIpc) is 3.64. The molecule has 2 aromatic heterocycles. The number of nitrogens with zero attached hydrogens (tertiary/aromatic N) is 4. The van der Waals surface area contributed by atoms with Crippen molar-refractivity contribution in [2.24, 2.45) is 0 Å². The Labute approximate surface area is 245 Å². The van der Waals surface area contributed by atoms with E-state index in [0.29, 0.717) is 6.04 Å². The monoisotopic (exact) mass is 594 g/mol. The molecule has 1 N–H and O–H groups in total. The van der Waals surface area contributed by atoms with E-state index in [4.69, 9.17) is 14.2 Å². The molecule has 0 atom stereocenters. The number of alkyl halides is 3. The van der Waals surface area contributed by atoms with E-state index in [9.17, 15) is 23.1 Å². The fourth-order valence-electron chi connectivity index (χ4n) is 5.68. The molecule has 0 radical (unpaired) electrons. The third-order valence-electron chi connectivity index (χ3n) is 7.80. The number of ether oxygens (including phenoxy) is 3. The second-order valence-electron chi connectivity index (χ2n) is 10.5. The van der Waals surface area contributed by atoms with Crippen molar-refractivity contribution in [1.29, 1.82) is 0 Å². The number of aromatic carboxylic acids is 1. The first-order chi connectivity index (χ1) is 20.7. The lowest BCUT2D eigenvalue weighted by Crippen LogP contribution is -2.35. The minimum absolute atomic E-state index is 0.0651. The minimum atomic E-state index is -4.67. The van der Waals surface area contributed by atoms with E-state index in [1.165, 1.54) is 29.5 Å². The molecular weight excluding hydrogens is 565 g/mol. The molecule has 0 bridgehead atoms. The smallest absolute Gasteiger partial charge is 0.419 e. The zero-order valence-corrected chi connectivity index (χ0v) is 23.3. The standard InChI is InChI=1S/C31H29F3N4O5/c1-41-29-24(30(39)40)15-35-38(29)27-7-3-6-26(36-27)23-4-2-5-25(31(32,33)34)28(23)43-18-19-8-9-20-16-37(17-21(20)14-19)22-10-12-42-13-11-22/h2-9,14-15,22H,10-13,16-18H2,1H3,(H,39,40). The summed E-state index contributed by atoms with van der Waals surface area (Å²) in [5, 5.41) is 13.5. The van der Waals surface area contributed by atoms with Crippen LogP contribution in [0.3, 0.4) is 0 Å². The number of hydrogen-bond donors (Lipinski definition) is 1. The molecule has 2 aliphatic rings. The van der Waals surface area contributed by atoms with Crippen molar-refractivity contribution in [3.05, 3.63) is 88.6 Å². The zero-order chi connectivity index (χ0) is 30.1. The van der Waals surface area contributed by atoms with Gasteiger partial charge in [0.15, 0.2) is 5.82 Å². The lowest BCUT2D eigenvalue weighted by molar-refractivity contribution is -0.139. The number of carboxylic acid groups (broad SMARTS) is 1. The number of carbonyl (C=O) groups is 1. The van der Waals surface area contributed by atoms with Crippen molar-refractivity contribution >= 4 is 5.97 Å². The molecule has 0 aliphatic carbocycles. The van der Waals surface area contributed by atoms with Crippen LogP contribution < -0.4 is 9.47 Å². The summed E-state index contributed by atoms with van der Waals surface area (Å²) in [4.78, 5) is 18.5. The van der Waals surface area contributed by atoms with Gasteiger partial charge in [-0.2, -0.15) is 23.0 Å². The van der Waals surface area contributed by atoms with Crippen LogP contribution in [0.15, 0.2) is 60.8 Å². The molecule has 4 heterocycles. The highest BCUT2D eigenvalue weighted by Crippen LogP contribution is 2.42. The molecule has 0 unspecified atom stereocenters. The molecule has 9 nitrogen and oxygen atoms in total. The molecular formula is C31H29F3N4O5. The summed E-state index contributed by atoms with van der Waals surface area (Å²) in [6.07, 6.45) is -1.57. The summed E-state index contributed by atoms with van der Waals surface area (Å²) in [5.41, 5.74) is 2.35. The molecule has 1 fully saturated rings. The number of fused-ring (bicyclic) bond motifs is 1. The number of pyridine rings is 1. The predicted molar refractivity (Wildman–Crippen MR) is 149 cm³/mol. The van der Waals surface area contributed by atoms with Crippen LogP contribution >= 0.6 is 0 Å². The van der Waals surface area contributed by atoms with Gasteiger partial charge in [-0.05, 0) is 53.8 Å². The fourth-order valence-corrected chi connectivity index (χ4v) is 5.68. The Morgan fingerprint density at radius 3 is 2.58 bits per heavy atom. The number of aromatic nitrogens is 3. The van der Waals surface area contributed by atoms with Crippen molar-refractivity contribution in [3.8, 4) is 28.7 Å². The fraction of sp³-hybridized carbons (Fsp3) is 0.323. The Kier molecular flexibility index (Phi) is 7.80. The second kappa shape index (κ2) is 11.7. The third-order valence-corrected chi connectivity index (χ3v) is 7.80.